The molecule has 2 saturated heterocycles. The van der Waals surface area contributed by atoms with Crippen molar-refractivity contribution >= 4 is 57.5 Å². The number of pyridine rings is 2. The van der Waals surface area contributed by atoms with E-state index in [0.29, 0.717) is 82.6 Å². The molecule has 2 aromatic heterocycles. The van der Waals surface area contributed by atoms with Gasteiger partial charge >= 0.3 is 0 Å². The highest BCUT2D eigenvalue weighted by molar-refractivity contribution is 6.39. The third-order valence-electron chi connectivity index (χ3n) is 9.72. The Kier molecular flexibility index (Phi) is 11.3. The molecule has 7 rings (SSSR count). The van der Waals surface area contributed by atoms with Gasteiger partial charge in [0.2, 0.25) is 17.7 Å². The second-order valence-electron chi connectivity index (χ2n) is 13.2. The van der Waals surface area contributed by atoms with Crippen molar-refractivity contribution in [2.45, 2.75) is 50.9 Å². The highest BCUT2D eigenvalue weighted by atomic mass is 35.5. The number of aromatic nitrogens is 2. The Labute approximate surface area is 322 Å². The molecule has 2 fully saturated rings. The van der Waals surface area contributed by atoms with Gasteiger partial charge in [-0.05, 0) is 37.1 Å². The predicted molar refractivity (Wildman–Crippen MR) is 210 cm³/mol. The molecule has 0 saturated carbocycles. The van der Waals surface area contributed by atoms with Gasteiger partial charge in [0, 0.05) is 89.9 Å². The van der Waals surface area contributed by atoms with Gasteiger partial charge in [0.25, 0.3) is 0 Å². The number of benzene rings is 3. The Hall–Kier alpha value is -4.45. The fourth-order valence-electron chi connectivity index (χ4n) is 7.04. The van der Waals surface area contributed by atoms with Crippen LogP contribution >= 0.6 is 34.8 Å². The summed E-state index contributed by atoms with van der Waals surface area (Å²) in [5.41, 5.74) is 6.64. The number of hydrogen-bond donors (Lipinski definition) is 4. The van der Waals surface area contributed by atoms with E-state index >= 15 is 0 Å². The summed E-state index contributed by atoms with van der Waals surface area (Å²) in [6, 6.07) is 21.4. The summed E-state index contributed by atoms with van der Waals surface area (Å²) in [7, 11) is 3.23. The molecular formula is C40H39Cl3N6O4. The smallest absolute Gasteiger partial charge is 0.220 e. The lowest BCUT2D eigenvalue weighted by Crippen LogP contribution is -2.35. The SMILES string of the molecule is COc1nc(-c2cccc(-c3cccc(-c4ccc5c(OC)c(CNC[C@@H]6CCC(=O)N6)cc(Cl)c5n4)c3Cl)c2Cl)ccc1CNC[C@H]1CCC(=O)N1. The van der Waals surface area contributed by atoms with E-state index in [0.717, 1.165) is 51.6 Å². The van der Waals surface area contributed by atoms with Crippen molar-refractivity contribution in [3.63, 3.8) is 0 Å². The van der Waals surface area contributed by atoms with Crippen LogP contribution in [-0.2, 0) is 22.7 Å². The Bertz CT molecular complexity index is 2200. The first-order chi connectivity index (χ1) is 25.7. The van der Waals surface area contributed by atoms with Gasteiger partial charge in [-0.3, -0.25) is 9.59 Å². The molecule has 53 heavy (non-hydrogen) atoms. The van der Waals surface area contributed by atoms with Crippen LogP contribution in [0, 0.1) is 0 Å². The highest BCUT2D eigenvalue weighted by Gasteiger charge is 2.23. The summed E-state index contributed by atoms with van der Waals surface area (Å²) in [5.74, 6) is 1.36. The Morgan fingerprint density at radius 2 is 1.25 bits per heavy atom. The topological polar surface area (TPSA) is 126 Å². The summed E-state index contributed by atoms with van der Waals surface area (Å²) in [6.07, 6.45) is 2.77. The van der Waals surface area contributed by atoms with Crippen LogP contribution in [0.2, 0.25) is 15.1 Å². The molecule has 0 radical (unpaired) electrons. The lowest BCUT2D eigenvalue weighted by atomic mass is 9.97. The maximum absolute atomic E-state index is 11.6. The third-order valence-corrected chi connectivity index (χ3v) is 10.8. The number of halogens is 3. The number of rotatable bonds is 13. The standard InChI is InChI=1S/C40H39Cl3N6O4/c1-52-39-23(19-45-21-25-11-16-35(51)47-25)17-31(41)38-30(39)12-14-32(48-38)28-7-3-5-26(36(28)42)27-6-4-8-29(37(27)43)33-13-9-22(40(49-33)53-2)18-44-20-24-10-15-34(50)46-24/h3-9,12-14,17,24-25,44-45H,10-11,15-16,18-21H2,1-2H3,(H,46,50)(H,47,51)/t24-,25+/m1/s1. The van der Waals surface area contributed by atoms with Gasteiger partial charge in [0.15, 0.2) is 0 Å². The Balaban J connectivity index is 1.13. The molecule has 3 aromatic carbocycles. The minimum absolute atomic E-state index is 0.0885. The minimum Gasteiger partial charge on any atom is -0.496 e. The summed E-state index contributed by atoms with van der Waals surface area (Å²) in [5, 5.41) is 15.0. The van der Waals surface area contributed by atoms with Crippen LogP contribution in [-0.4, -0.2) is 61.2 Å². The summed E-state index contributed by atoms with van der Waals surface area (Å²) in [6.45, 7) is 2.39. The van der Waals surface area contributed by atoms with Gasteiger partial charge < -0.3 is 30.7 Å². The van der Waals surface area contributed by atoms with E-state index < -0.39 is 0 Å². The van der Waals surface area contributed by atoms with Gasteiger partial charge in [-0.15, -0.1) is 0 Å². The first-order valence-electron chi connectivity index (χ1n) is 17.5. The second-order valence-corrected chi connectivity index (χ2v) is 14.4. The zero-order chi connectivity index (χ0) is 37.1. The number of amides is 2. The third kappa shape index (κ3) is 7.93. The molecule has 2 amide bonds. The first-order valence-corrected chi connectivity index (χ1v) is 18.7. The highest BCUT2D eigenvalue weighted by Crippen LogP contribution is 2.43. The number of nitrogens with one attached hydrogen (secondary N) is 4. The number of fused-ring (bicyclic) bond motifs is 1. The number of nitrogens with zero attached hydrogens (tertiary/aromatic N) is 2. The molecule has 4 N–H and O–H groups in total. The molecule has 0 unspecified atom stereocenters. The lowest BCUT2D eigenvalue weighted by molar-refractivity contribution is -0.120. The minimum atomic E-state index is 0.0885. The molecule has 0 spiro atoms. The molecular weight excluding hydrogens is 735 g/mol. The van der Waals surface area contributed by atoms with Crippen molar-refractivity contribution in [3.8, 4) is 45.3 Å². The van der Waals surface area contributed by atoms with E-state index in [4.69, 9.17) is 54.2 Å². The lowest BCUT2D eigenvalue weighted by Gasteiger charge is -2.17. The molecule has 2 atom stereocenters. The Morgan fingerprint density at radius 1 is 0.698 bits per heavy atom. The van der Waals surface area contributed by atoms with Crippen LogP contribution in [0.25, 0.3) is 44.5 Å². The first kappa shape index (κ1) is 36.9. The van der Waals surface area contributed by atoms with E-state index in [1.807, 2.05) is 66.7 Å². The molecule has 274 valence electrons. The van der Waals surface area contributed by atoms with Crippen molar-refractivity contribution in [2.24, 2.45) is 0 Å². The number of methoxy groups -OCH3 is 2. The number of carbonyl (C=O) groups excluding carboxylic acids is 2. The Morgan fingerprint density at radius 3 is 1.79 bits per heavy atom. The summed E-state index contributed by atoms with van der Waals surface area (Å²) in [4.78, 5) is 32.9. The largest absolute Gasteiger partial charge is 0.496 e. The molecule has 2 aliphatic heterocycles. The zero-order valence-corrected chi connectivity index (χ0v) is 31.6. The molecule has 2 aliphatic rings. The molecule has 0 bridgehead atoms. The number of carbonyl (C=O) groups is 2. The van der Waals surface area contributed by atoms with Crippen LogP contribution in [0.4, 0.5) is 0 Å². The normalized spacial score (nSPS) is 16.9. The van der Waals surface area contributed by atoms with E-state index in [9.17, 15) is 9.59 Å². The molecule has 4 heterocycles. The average molecular weight is 774 g/mol. The van der Waals surface area contributed by atoms with Crippen molar-refractivity contribution < 1.29 is 19.1 Å². The monoisotopic (exact) mass is 772 g/mol. The average Bonchev–Trinajstić information content (AvgIpc) is 3.78. The number of hydrogen-bond acceptors (Lipinski definition) is 8. The fourth-order valence-corrected chi connectivity index (χ4v) is 7.96. The maximum atomic E-state index is 11.6. The van der Waals surface area contributed by atoms with E-state index in [-0.39, 0.29) is 23.9 Å². The van der Waals surface area contributed by atoms with Gasteiger partial charge in [-0.2, -0.15) is 0 Å². The second kappa shape index (κ2) is 16.3. The maximum Gasteiger partial charge on any atom is 0.220 e. The van der Waals surface area contributed by atoms with Crippen LogP contribution in [0.1, 0.15) is 36.8 Å². The van der Waals surface area contributed by atoms with Crippen molar-refractivity contribution in [1.82, 2.24) is 31.2 Å². The molecule has 5 aromatic rings. The van der Waals surface area contributed by atoms with E-state index in [1.54, 1.807) is 14.2 Å². The predicted octanol–water partition coefficient (Wildman–Crippen LogP) is 7.34. The molecule has 13 heteroatoms. The van der Waals surface area contributed by atoms with Crippen LogP contribution in [0.5, 0.6) is 11.6 Å². The van der Waals surface area contributed by atoms with E-state index in [1.165, 1.54) is 0 Å². The molecule has 10 nitrogen and oxygen atoms in total. The number of ether oxygens (including phenoxy) is 2. The summed E-state index contributed by atoms with van der Waals surface area (Å²) >= 11 is 21.1. The van der Waals surface area contributed by atoms with Crippen molar-refractivity contribution in [1.29, 1.82) is 0 Å². The van der Waals surface area contributed by atoms with Crippen LogP contribution in [0.3, 0.4) is 0 Å². The quantitative estimate of drug-likeness (QED) is 0.0980. The van der Waals surface area contributed by atoms with Gasteiger partial charge in [0.1, 0.15) is 5.75 Å². The fraction of sp³-hybridized carbons (Fsp3) is 0.300. The van der Waals surface area contributed by atoms with Gasteiger partial charge in [-0.1, -0.05) is 77.3 Å². The van der Waals surface area contributed by atoms with Gasteiger partial charge in [0.05, 0.1) is 46.2 Å². The van der Waals surface area contributed by atoms with E-state index in [2.05, 4.69) is 21.3 Å². The van der Waals surface area contributed by atoms with Crippen molar-refractivity contribution in [2.75, 3.05) is 27.3 Å². The summed E-state index contributed by atoms with van der Waals surface area (Å²) < 4.78 is 11.5. The van der Waals surface area contributed by atoms with Crippen molar-refractivity contribution in [3.05, 3.63) is 92.9 Å². The van der Waals surface area contributed by atoms with Crippen LogP contribution in [0.15, 0.2) is 66.7 Å². The zero-order valence-electron chi connectivity index (χ0n) is 29.3. The van der Waals surface area contributed by atoms with Crippen LogP contribution < -0.4 is 30.7 Å². The molecule has 0 aliphatic carbocycles. The van der Waals surface area contributed by atoms with Gasteiger partial charge in [-0.25, -0.2) is 9.97 Å².